The Morgan fingerprint density at radius 3 is 2.68 bits per heavy atom. The molecular formula is C17H28N4O3S. The summed E-state index contributed by atoms with van der Waals surface area (Å²) in [5.74, 6) is 1.66. The molecule has 0 aliphatic carbocycles. The lowest BCUT2D eigenvalue weighted by molar-refractivity contribution is 0.353. The van der Waals surface area contributed by atoms with Crippen molar-refractivity contribution in [2.24, 2.45) is 4.99 Å². The standard InChI is InChI=1S/C17H28N4O3S/c1-12-9-19-14(13(2)15(12)24-6)10-20-16(18-5)21-7-8-25(22,23)17(3,4)11-21/h9H,7-8,10-11H2,1-6H3,(H,18,20). The van der Waals surface area contributed by atoms with Crippen molar-refractivity contribution in [3.05, 3.63) is 23.0 Å². The number of rotatable bonds is 3. The Bertz CT molecular complexity index is 772. The highest BCUT2D eigenvalue weighted by Gasteiger charge is 2.40. The van der Waals surface area contributed by atoms with E-state index in [1.807, 2.05) is 18.7 Å². The second kappa shape index (κ2) is 7.19. The molecule has 140 valence electrons. The number of aliphatic imine (C=N–C) groups is 1. The largest absolute Gasteiger partial charge is 0.496 e. The fraction of sp³-hybridized carbons (Fsp3) is 0.647. The summed E-state index contributed by atoms with van der Waals surface area (Å²) < 4.78 is 29.0. The van der Waals surface area contributed by atoms with Gasteiger partial charge >= 0.3 is 0 Å². The summed E-state index contributed by atoms with van der Waals surface area (Å²) in [5.41, 5.74) is 2.87. The molecule has 25 heavy (non-hydrogen) atoms. The Balaban J connectivity index is 2.12. The maximum absolute atomic E-state index is 12.2. The molecule has 8 heteroatoms. The summed E-state index contributed by atoms with van der Waals surface area (Å²) >= 11 is 0. The van der Waals surface area contributed by atoms with Gasteiger partial charge in [-0.25, -0.2) is 8.42 Å². The van der Waals surface area contributed by atoms with Gasteiger partial charge in [-0.3, -0.25) is 9.98 Å². The fourth-order valence-electron chi connectivity index (χ4n) is 3.07. The Labute approximate surface area is 150 Å². The van der Waals surface area contributed by atoms with Gasteiger partial charge in [0.15, 0.2) is 15.8 Å². The molecule has 2 heterocycles. The van der Waals surface area contributed by atoms with Crippen LogP contribution in [0.15, 0.2) is 11.2 Å². The topological polar surface area (TPSA) is 83.9 Å². The molecule has 0 aromatic carbocycles. The van der Waals surface area contributed by atoms with E-state index in [1.165, 1.54) is 0 Å². The summed E-state index contributed by atoms with van der Waals surface area (Å²) in [6.07, 6.45) is 1.79. The van der Waals surface area contributed by atoms with Gasteiger partial charge in [0, 0.05) is 37.5 Å². The Morgan fingerprint density at radius 1 is 1.44 bits per heavy atom. The third kappa shape index (κ3) is 3.89. The van der Waals surface area contributed by atoms with E-state index in [0.717, 1.165) is 22.6 Å². The molecule has 0 amide bonds. The number of methoxy groups -OCH3 is 1. The molecule has 2 rings (SSSR count). The van der Waals surface area contributed by atoms with Crippen LogP contribution in [-0.2, 0) is 16.4 Å². The molecule has 0 spiro atoms. The van der Waals surface area contributed by atoms with Gasteiger partial charge < -0.3 is 15.0 Å². The van der Waals surface area contributed by atoms with Crippen molar-refractivity contribution in [2.75, 3.05) is 33.0 Å². The highest BCUT2D eigenvalue weighted by Crippen LogP contribution is 2.25. The lowest BCUT2D eigenvalue weighted by atomic mass is 10.1. The number of aromatic nitrogens is 1. The first kappa shape index (κ1) is 19.5. The quantitative estimate of drug-likeness (QED) is 0.639. The van der Waals surface area contributed by atoms with Gasteiger partial charge in [-0.1, -0.05) is 0 Å². The van der Waals surface area contributed by atoms with Crippen LogP contribution in [0.2, 0.25) is 0 Å². The first-order valence-electron chi connectivity index (χ1n) is 8.30. The predicted octanol–water partition coefficient (Wildman–Crippen LogP) is 1.29. The summed E-state index contributed by atoms with van der Waals surface area (Å²) in [6, 6.07) is 0. The van der Waals surface area contributed by atoms with Crippen LogP contribution >= 0.6 is 0 Å². The number of guanidine groups is 1. The van der Waals surface area contributed by atoms with E-state index in [4.69, 9.17) is 4.74 Å². The molecule has 0 saturated carbocycles. The molecule has 0 bridgehead atoms. The smallest absolute Gasteiger partial charge is 0.194 e. The minimum atomic E-state index is -3.08. The van der Waals surface area contributed by atoms with Crippen molar-refractivity contribution >= 4 is 15.8 Å². The van der Waals surface area contributed by atoms with Gasteiger partial charge in [0.1, 0.15) is 5.75 Å². The zero-order chi connectivity index (χ0) is 18.8. The molecule has 1 N–H and O–H groups in total. The minimum Gasteiger partial charge on any atom is -0.496 e. The van der Waals surface area contributed by atoms with Gasteiger partial charge in [-0.05, 0) is 27.7 Å². The van der Waals surface area contributed by atoms with Crippen LogP contribution < -0.4 is 10.1 Å². The number of sulfone groups is 1. The third-order valence-electron chi connectivity index (χ3n) is 4.72. The average molecular weight is 369 g/mol. The summed E-state index contributed by atoms with van der Waals surface area (Å²) in [4.78, 5) is 10.8. The molecule has 0 unspecified atom stereocenters. The summed E-state index contributed by atoms with van der Waals surface area (Å²) in [6.45, 7) is 8.82. The van der Waals surface area contributed by atoms with Crippen molar-refractivity contribution < 1.29 is 13.2 Å². The van der Waals surface area contributed by atoms with Crippen LogP contribution in [0.5, 0.6) is 5.75 Å². The Hall–Kier alpha value is -1.83. The van der Waals surface area contributed by atoms with E-state index in [9.17, 15) is 8.42 Å². The Morgan fingerprint density at radius 2 is 2.12 bits per heavy atom. The zero-order valence-corrected chi connectivity index (χ0v) is 16.7. The molecule has 1 aliphatic heterocycles. The van der Waals surface area contributed by atoms with Crippen LogP contribution in [0.1, 0.15) is 30.7 Å². The molecule has 1 aromatic heterocycles. The van der Waals surface area contributed by atoms with E-state index >= 15 is 0 Å². The number of nitrogens with zero attached hydrogens (tertiary/aromatic N) is 3. The predicted molar refractivity (Wildman–Crippen MR) is 99.9 cm³/mol. The maximum atomic E-state index is 12.2. The Kier molecular flexibility index (Phi) is 5.61. The van der Waals surface area contributed by atoms with Gasteiger partial charge in [0.2, 0.25) is 0 Å². The van der Waals surface area contributed by atoms with Crippen molar-refractivity contribution in [1.82, 2.24) is 15.2 Å². The molecule has 7 nitrogen and oxygen atoms in total. The van der Waals surface area contributed by atoms with Crippen molar-refractivity contribution in [2.45, 2.75) is 39.0 Å². The molecule has 0 radical (unpaired) electrons. The monoisotopic (exact) mass is 368 g/mol. The number of pyridine rings is 1. The lowest BCUT2D eigenvalue weighted by Gasteiger charge is -2.39. The first-order chi connectivity index (χ1) is 11.6. The highest BCUT2D eigenvalue weighted by molar-refractivity contribution is 7.92. The molecule has 1 fully saturated rings. The van der Waals surface area contributed by atoms with Gasteiger partial charge in [0.25, 0.3) is 0 Å². The van der Waals surface area contributed by atoms with Crippen molar-refractivity contribution in [3.8, 4) is 5.75 Å². The van der Waals surface area contributed by atoms with Crippen LogP contribution in [0.25, 0.3) is 0 Å². The van der Waals surface area contributed by atoms with Crippen LogP contribution in [-0.4, -0.2) is 62.0 Å². The molecule has 1 aromatic rings. The van der Waals surface area contributed by atoms with Crippen LogP contribution in [0.4, 0.5) is 0 Å². The second-order valence-electron chi connectivity index (χ2n) is 6.95. The second-order valence-corrected chi connectivity index (χ2v) is 9.69. The maximum Gasteiger partial charge on any atom is 0.194 e. The molecular weight excluding hydrogens is 340 g/mol. The number of ether oxygens (including phenoxy) is 1. The van der Waals surface area contributed by atoms with Crippen LogP contribution in [0, 0.1) is 13.8 Å². The number of aryl methyl sites for hydroxylation is 1. The van der Waals surface area contributed by atoms with Gasteiger partial charge in [0.05, 0.1) is 29.8 Å². The van der Waals surface area contributed by atoms with E-state index in [-0.39, 0.29) is 5.75 Å². The zero-order valence-electron chi connectivity index (χ0n) is 15.9. The SMILES string of the molecule is CN=C(NCc1ncc(C)c(OC)c1C)N1CCS(=O)(=O)C(C)(C)C1. The van der Waals surface area contributed by atoms with Crippen molar-refractivity contribution in [3.63, 3.8) is 0 Å². The third-order valence-corrected chi connectivity index (χ3v) is 7.25. The van der Waals surface area contributed by atoms with E-state index in [0.29, 0.717) is 25.6 Å². The molecule has 0 atom stereocenters. The first-order valence-corrected chi connectivity index (χ1v) is 9.95. The fourth-order valence-corrected chi connectivity index (χ4v) is 4.43. The van der Waals surface area contributed by atoms with Crippen molar-refractivity contribution in [1.29, 1.82) is 0 Å². The minimum absolute atomic E-state index is 0.135. The molecule has 1 aliphatic rings. The van der Waals surface area contributed by atoms with Crippen LogP contribution in [0.3, 0.4) is 0 Å². The molecule has 1 saturated heterocycles. The summed E-state index contributed by atoms with van der Waals surface area (Å²) in [7, 11) is 0.281. The van der Waals surface area contributed by atoms with E-state index < -0.39 is 14.6 Å². The lowest BCUT2D eigenvalue weighted by Crippen LogP contribution is -2.57. The normalized spacial score (nSPS) is 19.6. The average Bonchev–Trinajstić information content (AvgIpc) is 2.53. The van der Waals surface area contributed by atoms with E-state index in [2.05, 4.69) is 15.3 Å². The van der Waals surface area contributed by atoms with E-state index in [1.54, 1.807) is 34.2 Å². The highest BCUT2D eigenvalue weighted by atomic mass is 32.2. The van der Waals surface area contributed by atoms with Gasteiger partial charge in [-0.2, -0.15) is 0 Å². The number of nitrogens with one attached hydrogen (secondary N) is 1. The summed E-state index contributed by atoms with van der Waals surface area (Å²) in [5, 5.41) is 3.30. The number of hydrogen-bond acceptors (Lipinski definition) is 5. The van der Waals surface area contributed by atoms with Gasteiger partial charge in [-0.15, -0.1) is 0 Å². The number of hydrogen-bond donors (Lipinski definition) is 1.